The molecule has 0 fully saturated rings. The maximum atomic E-state index is 12.4. The lowest BCUT2D eigenvalue weighted by atomic mass is 10.0. The standard InChI is InChI=1S/C45H89NO4/c1-4-5-6-7-8-9-10-11-12-13-14-15-16-17-18-19-20-21-22-23-26-30-33-36-39-44(49)45(50)46-42(40-47)43(48)38-35-32-29-27-24-25-28-31-34-37-41(2)3/h35,38,41-44,47-49H,4-34,36-37,39-40H2,1-3H3,(H,46,50)/b38-35+/t42-,43+,44+/m0/s1. The molecule has 0 aromatic carbocycles. The van der Waals surface area contributed by atoms with Gasteiger partial charge >= 0.3 is 0 Å². The molecule has 0 aliphatic heterocycles. The number of unbranched alkanes of at least 4 members (excludes halogenated alkanes) is 30. The van der Waals surface area contributed by atoms with Gasteiger partial charge < -0.3 is 20.6 Å². The van der Waals surface area contributed by atoms with E-state index >= 15 is 0 Å². The third kappa shape index (κ3) is 35.5. The van der Waals surface area contributed by atoms with Gasteiger partial charge in [0.1, 0.15) is 6.10 Å². The Bertz CT molecular complexity index is 711. The van der Waals surface area contributed by atoms with Gasteiger partial charge in [0, 0.05) is 0 Å². The van der Waals surface area contributed by atoms with E-state index in [1.807, 2.05) is 6.08 Å². The quantitative estimate of drug-likeness (QED) is 0.0377. The first kappa shape index (κ1) is 49.1. The molecule has 298 valence electrons. The number of allylic oxidation sites excluding steroid dienone is 1. The summed E-state index contributed by atoms with van der Waals surface area (Å²) in [5, 5.41) is 33.1. The van der Waals surface area contributed by atoms with Crippen LogP contribution in [-0.2, 0) is 4.79 Å². The SMILES string of the molecule is CCCCCCCCCCCCCCCCCCCCCCCCCC[C@@H](O)C(=O)N[C@@H](CO)[C@H](O)/C=C/CCCCCCCCCC(C)C. The molecule has 0 heterocycles. The highest BCUT2D eigenvalue weighted by Crippen LogP contribution is 2.17. The zero-order valence-corrected chi connectivity index (χ0v) is 34.0. The summed E-state index contributed by atoms with van der Waals surface area (Å²) in [6.45, 7) is 6.51. The predicted molar refractivity (Wildman–Crippen MR) is 218 cm³/mol. The first-order chi connectivity index (χ1) is 24.4. The van der Waals surface area contributed by atoms with Gasteiger partial charge in [0.25, 0.3) is 0 Å². The van der Waals surface area contributed by atoms with Crippen LogP contribution in [-0.4, -0.2) is 46.1 Å². The smallest absolute Gasteiger partial charge is 0.249 e. The number of hydrogen-bond donors (Lipinski definition) is 4. The van der Waals surface area contributed by atoms with Crippen LogP contribution >= 0.6 is 0 Å². The summed E-state index contributed by atoms with van der Waals surface area (Å²) in [4.78, 5) is 12.4. The molecular formula is C45H89NO4. The first-order valence-electron chi connectivity index (χ1n) is 22.4. The third-order valence-electron chi connectivity index (χ3n) is 10.6. The van der Waals surface area contributed by atoms with Crippen LogP contribution in [0.1, 0.15) is 239 Å². The Balaban J connectivity index is 3.57. The molecular weight excluding hydrogens is 618 g/mol. The molecule has 0 saturated carbocycles. The molecule has 0 bridgehead atoms. The first-order valence-corrected chi connectivity index (χ1v) is 22.4. The summed E-state index contributed by atoms with van der Waals surface area (Å²) in [6.07, 6.45) is 45.5. The highest BCUT2D eigenvalue weighted by molar-refractivity contribution is 5.80. The van der Waals surface area contributed by atoms with Gasteiger partial charge in [-0.2, -0.15) is 0 Å². The minimum Gasteiger partial charge on any atom is -0.394 e. The fourth-order valence-electron chi connectivity index (χ4n) is 7.02. The molecule has 50 heavy (non-hydrogen) atoms. The summed E-state index contributed by atoms with van der Waals surface area (Å²) in [7, 11) is 0. The molecule has 0 aromatic heterocycles. The molecule has 1 amide bonds. The van der Waals surface area contributed by atoms with Crippen molar-refractivity contribution in [1.29, 1.82) is 0 Å². The van der Waals surface area contributed by atoms with E-state index in [2.05, 4.69) is 26.1 Å². The highest BCUT2D eigenvalue weighted by atomic mass is 16.3. The van der Waals surface area contributed by atoms with Crippen molar-refractivity contribution in [3.63, 3.8) is 0 Å². The van der Waals surface area contributed by atoms with Gasteiger partial charge in [-0.15, -0.1) is 0 Å². The van der Waals surface area contributed by atoms with Crippen LogP contribution in [0.3, 0.4) is 0 Å². The van der Waals surface area contributed by atoms with E-state index in [4.69, 9.17) is 0 Å². The fourth-order valence-corrected chi connectivity index (χ4v) is 7.02. The lowest BCUT2D eigenvalue weighted by Crippen LogP contribution is -2.48. The summed E-state index contributed by atoms with van der Waals surface area (Å²) in [5.41, 5.74) is 0. The Labute approximate surface area is 312 Å². The third-order valence-corrected chi connectivity index (χ3v) is 10.6. The van der Waals surface area contributed by atoms with E-state index in [1.54, 1.807) is 6.08 Å². The molecule has 0 saturated heterocycles. The van der Waals surface area contributed by atoms with Gasteiger partial charge in [0.15, 0.2) is 0 Å². The van der Waals surface area contributed by atoms with Gasteiger partial charge in [0.05, 0.1) is 18.8 Å². The molecule has 4 N–H and O–H groups in total. The number of nitrogens with one attached hydrogen (secondary N) is 1. The number of aliphatic hydroxyl groups excluding tert-OH is 3. The summed E-state index contributed by atoms with van der Waals surface area (Å²) < 4.78 is 0. The van der Waals surface area contributed by atoms with Crippen LogP contribution in [0.15, 0.2) is 12.2 Å². The number of carbonyl (C=O) groups excluding carboxylic acids is 1. The van der Waals surface area contributed by atoms with Crippen molar-refractivity contribution in [2.24, 2.45) is 5.92 Å². The van der Waals surface area contributed by atoms with E-state index in [9.17, 15) is 20.1 Å². The molecule has 0 aromatic rings. The minimum atomic E-state index is -1.09. The number of rotatable bonds is 40. The largest absolute Gasteiger partial charge is 0.394 e. The second-order valence-electron chi connectivity index (χ2n) is 16.1. The van der Waals surface area contributed by atoms with E-state index in [0.29, 0.717) is 6.42 Å². The maximum Gasteiger partial charge on any atom is 0.249 e. The molecule has 0 radical (unpaired) electrons. The Morgan fingerprint density at radius 1 is 0.520 bits per heavy atom. The topological polar surface area (TPSA) is 89.8 Å². The Morgan fingerprint density at radius 3 is 1.22 bits per heavy atom. The van der Waals surface area contributed by atoms with Crippen LogP contribution in [0.4, 0.5) is 0 Å². The van der Waals surface area contributed by atoms with Crippen molar-refractivity contribution in [2.45, 2.75) is 257 Å². The van der Waals surface area contributed by atoms with Crippen molar-refractivity contribution >= 4 is 5.91 Å². The molecule has 5 heteroatoms. The summed E-state index contributed by atoms with van der Waals surface area (Å²) in [6, 6.07) is -0.793. The lowest BCUT2D eigenvalue weighted by molar-refractivity contribution is -0.131. The highest BCUT2D eigenvalue weighted by Gasteiger charge is 2.22. The number of carbonyl (C=O) groups is 1. The van der Waals surface area contributed by atoms with Crippen LogP contribution < -0.4 is 5.32 Å². The van der Waals surface area contributed by atoms with Crippen LogP contribution in [0.5, 0.6) is 0 Å². The van der Waals surface area contributed by atoms with Crippen molar-refractivity contribution in [3.8, 4) is 0 Å². The molecule has 5 nitrogen and oxygen atoms in total. The summed E-state index contributed by atoms with van der Waals surface area (Å²) in [5.74, 6) is 0.308. The van der Waals surface area contributed by atoms with E-state index < -0.39 is 24.2 Å². The molecule has 0 rings (SSSR count). The predicted octanol–water partition coefficient (Wildman–Crippen LogP) is 12.7. The molecule has 3 atom stereocenters. The van der Waals surface area contributed by atoms with E-state index in [0.717, 1.165) is 38.0 Å². The molecule has 0 aliphatic carbocycles. The van der Waals surface area contributed by atoms with Gasteiger partial charge in [-0.1, -0.05) is 232 Å². The van der Waals surface area contributed by atoms with Gasteiger partial charge in [-0.25, -0.2) is 0 Å². The zero-order valence-electron chi connectivity index (χ0n) is 34.0. The normalized spacial score (nSPS) is 13.7. The van der Waals surface area contributed by atoms with Gasteiger partial charge in [-0.3, -0.25) is 4.79 Å². The van der Waals surface area contributed by atoms with Crippen LogP contribution in [0.25, 0.3) is 0 Å². The van der Waals surface area contributed by atoms with E-state index in [1.165, 1.54) is 180 Å². The van der Waals surface area contributed by atoms with Crippen molar-refractivity contribution in [3.05, 3.63) is 12.2 Å². The van der Waals surface area contributed by atoms with Crippen LogP contribution in [0, 0.1) is 5.92 Å². The Morgan fingerprint density at radius 2 is 0.860 bits per heavy atom. The minimum absolute atomic E-state index is 0.361. The second-order valence-corrected chi connectivity index (χ2v) is 16.1. The zero-order chi connectivity index (χ0) is 36.8. The van der Waals surface area contributed by atoms with Crippen molar-refractivity contribution < 1.29 is 20.1 Å². The van der Waals surface area contributed by atoms with Crippen molar-refractivity contribution in [2.75, 3.05) is 6.61 Å². The van der Waals surface area contributed by atoms with Crippen molar-refractivity contribution in [1.82, 2.24) is 5.32 Å². The molecule has 0 unspecified atom stereocenters. The average molecular weight is 708 g/mol. The number of hydrogen-bond acceptors (Lipinski definition) is 4. The Hall–Kier alpha value is -0.910. The molecule has 0 spiro atoms. The fraction of sp³-hybridized carbons (Fsp3) is 0.933. The number of aliphatic hydroxyl groups is 3. The van der Waals surface area contributed by atoms with E-state index in [-0.39, 0.29) is 6.61 Å². The average Bonchev–Trinajstić information content (AvgIpc) is 3.10. The molecule has 0 aliphatic rings. The maximum absolute atomic E-state index is 12.4. The van der Waals surface area contributed by atoms with Gasteiger partial charge in [-0.05, 0) is 25.2 Å². The second kappa shape index (κ2) is 39.3. The Kier molecular flexibility index (Phi) is 38.6. The monoisotopic (exact) mass is 708 g/mol. The summed E-state index contributed by atoms with van der Waals surface area (Å²) >= 11 is 0. The number of amides is 1. The van der Waals surface area contributed by atoms with Crippen LogP contribution in [0.2, 0.25) is 0 Å². The van der Waals surface area contributed by atoms with Gasteiger partial charge in [0.2, 0.25) is 5.91 Å². The lowest BCUT2D eigenvalue weighted by Gasteiger charge is -2.21.